The molecule has 3 heterocycles. The highest BCUT2D eigenvalue weighted by Gasteiger charge is 2.32. The van der Waals surface area contributed by atoms with Crippen LogP contribution in [0.25, 0.3) is 6.08 Å². The van der Waals surface area contributed by atoms with E-state index in [0.717, 1.165) is 49.9 Å². The van der Waals surface area contributed by atoms with Crippen molar-refractivity contribution in [3.63, 3.8) is 0 Å². The topological polar surface area (TPSA) is 125 Å². The number of carbonyl (C=O) groups is 3. The third kappa shape index (κ3) is 12.5. The Kier molecular flexibility index (Phi) is 12.7. The molecule has 11 heteroatoms. The predicted molar refractivity (Wildman–Crippen MR) is 154 cm³/mol. The Hall–Kier alpha value is -3.83. The maximum atomic E-state index is 11.8. The Morgan fingerprint density at radius 1 is 0.927 bits per heavy atom. The lowest BCUT2D eigenvalue weighted by molar-refractivity contribution is -0.697. The highest BCUT2D eigenvalue weighted by atomic mass is 32.2. The van der Waals surface area contributed by atoms with Crippen LogP contribution in [0.5, 0.6) is 0 Å². The van der Waals surface area contributed by atoms with Crippen LogP contribution in [0.2, 0.25) is 0 Å². The summed E-state index contributed by atoms with van der Waals surface area (Å²) in [5.74, 6) is -1.66. The lowest BCUT2D eigenvalue weighted by Gasteiger charge is -2.18. The van der Waals surface area contributed by atoms with Crippen LogP contribution >= 0.6 is 0 Å². The monoisotopic (exact) mass is 584 g/mol. The van der Waals surface area contributed by atoms with E-state index in [1.165, 1.54) is 0 Å². The minimum absolute atomic E-state index is 0.0961. The zero-order valence-corrected chi connectivity index (χ0v) is 24.0. The van der Waals surface area contributed by atoms with Crippen LogP contribution in [0, 0.1) is 0 Å². The molecule has 220 valence electrons. The van der Waals surface area contributed by atoms with Gasteiger partial charge in [0.15, 0.2) is 12.4 Å². The average molecular weight is 585 g/mol. The Labute approximate surface area is 241 Å². The molecule has 0 aliphatic carbocycles. The first-order valence-corrected chi connectivity index (χ1v) is 15.5. The van der Waals surface area contributed by atoms with Crippen LogP contribution in [-0.2, 0) is 35.9 Å². The largest absolute Gasteiger partial charge is 0.354 e. The molecule has 0 unspecified atom stereocenters. The molecule has 10 nitrogen and oxygen atoms in total. The second kappa shape index (κ2) is 16.4. The van der Waals surface area contributed by atoms with E-state index in [2.05, 4.69) is 9.47 Å². The average Bonchev–Trinajstić information content (AvgIpc) is 3.25. The van der Waals surface area contributed by atoms with Crippen LogP contribution < -0.4 is 4.57 Å². The van der Waals surface area contributed by atoms with Gasteiger partial charge in [-0.2, -0.15) is 8.42 Å². The number of aromatic nitrogens is 1. The number of nitrogens with zero attached hydrogens (tertiary/aromatic N) is 3. The van der Waals surface area contributed by atoms with Crippen LogP contribution in [0.3, 0.4) is 0 Å². The predicted octanol–water partition coefficient (Wildman–Crippen LogP) is 4.04. The number of amides is 2. The number of hydrogen-bond acceptors (Lipinski definition) is 7. The van der Waals surface area contributed by atoms with Gasteiger partial charge in [-0.1, -0.05) is 36.8 Å². The van der Waals surface area contributed by atoms with Gasteiger partial charge in [0.2, 0.25) is 0 Å². The summed E-state index contributed by atoms with van der Waals surface area (Å²) in [4.78, 5) is 41.7. The molecule has 0 saturated carbocycles. The molecule has 1 aromatic rings. The van der Waals surface area contributed by atoms with Crippen molar-refractivity contribution >= 4 is 34.0 Å². The lowest BCUT2D eigenvalue weighted by Crippen LogP contribution is -2.32. The molecular weight excluding hydrogens is 546 g/mol. The minimum Gasteiger partial charge on any atom is -0.354 e. The Balaban J connectivity index is 1.27. The van der Waals surface area contributed by atoms with Gasteiger partial charge in [-0.05, 0) is 49.0 Å². The summed E-state index contributed by atoms with van der Waals surface area (Å²) in [6, 6.07) is 4.07. The molecule has 2 aliphatic rings. The van der Waals surface area contributed by atoms with Crippen LogP contribution in [0.15, 0.2) is 79.0 Å². The number of allylic oxidation sites excluding steroid dienone is 7. The normalized spacial score (nSPS) is 15.6. The van der Waals surface area contributed by atoms with Crippen molar-refractivity contribution in [2.45, 2.75) is 64.3 Å². The molecule has 0 spiro atoms. The fourth-order valence-corrected chi connectivity index (χ4v) is 4.73. The van der Waals surface area contributed by atoms with E-state index in [0.29, 0.717) is 17.9 Å². The Bertz CT molecular complexity index is 1280. The first kappa shape index (κ1) is 31.7. The summed E-state index contributed by atoms with van der Waals surface area (Å²) in [6.07, 6.45) is 26.8. The highest BCUT2D eigenvalue weighted by molar-refractivity contribution is 7.85. The maximum Gasteiger partial charge on any atom is 0.333 e. The molecule has 0 radical (unpaired) electrons. The number of aryl methyl sites for hydroxylation is 1. The van der Waals surface area contributed by atoms with Gasteiger partial charge in [0.05, 0.1) is 5.75 Å². The van der Waals surface area contributed by atoms with E-state index in [9.17, 15) is 22.8 Å². The molecule has 1 N–H and O–H groups in total. The fourth-order valence-electron chi connectivity index (χ4n) is 4.16. The van der Waals surface area contributed by atoms with Crippen LogP contribution in [0.4, 0.5) is 0 Å². The van der Waals surface area contributed by atoms with Crippen molar-refractivity contribution in [2.75, 3.05) is 12.3 Å². The summed E-state index contributed by atoms with van der Waals surface area (Å²) < 4.78 is 32.3. The van der Waals surface area contributed by atoms with E-state index in [1.807, 2.05) is 79.5 Å². The minimum atomic E-state index is -3.87. The lowest BCUT2D eigenvalue weighted by atomic mass is 10.1. The number of rotatable bonds is 16. The van der Waals surface area contributed by atoms with Crippen LogP contribution in [-0.4, -0.2) is 53.0 Å². The van der Waals surface area contributed by atoms with E-state index in [4.69, 9.17) is 9.39 Å². The SMILES string of the molecule is O=C(CCCCC[n+]1ccc(/C=C/C=C/C=C2C=CN(CCCCCS(=O)(=O)O)C=C2)cc1)ON1C(=O)CCC1=O. The van der Waals surface area contributed by atoms with Gasteiger partial charge in [0, 0.05) is 56.8 Å². The number of pyridine rings is 1. The molecule has 1 fully saturated rings. The van der Waals surface area contributed by atoms with Gasteiger partial charge < -0.3 is 9.74 Å². The smallest absolute Gasteiger partial charge is 0.333 e. The van der Waals surface area contributed by atoms with Crippen molar-refractivity contribution in [3.05, 3.63) is 84.5 Å². The van der Waals surface area contributed by atoms with Crippen molar-refractivity contribution in [3.8, 4) is 0 Å². The molecule has 0 atom stereocenters. The van der Waals surface area contributed by atoms with Crippen molar-refractivity contribution in [2.24, 2.45) is 0 Å². The van der Waals surface area contributed by atoms with E-state index < -0.39 is 27.9 Å². The summed E-state index contributed by atoms with van der Waals surface area (Å²) >= 11 is 0. The Morgan fingerprint density at radius 2 is 1.61 bits per heavy atom. The summed E-state index contributed by atoms with van der Waals surface area (Å²) in [5.41, 5.74) is 2.16. The molecule has 0 aromatic carbocycles. The molecule has 1 aromatic heterocycles. The van der Waals surface area contributed by atoms with Crippen molar-refractivity contribution < 1.29 is 36.8 Å². The zero-order valence-electron chi connectivity index (χ0n) is 23.1. The van der Waals surface area contributed by atoms with Crippen molar-refractivity contribution in [1.29, 1.82) is 0 Å². The first-order chi connectivity index (χ1) is 19.7. The van der Waals surface area contributed by atoms with Gasteiger partial charge in [0.25, 0.3) is 21.9 Å². The van der Waals surface area contributed by atoms with E-state index in [1.54, 1.807) is 0 Å². The van der Waals surface area contributed by atoms with E-state index >= 15 is 0 Å². The number of imide groups is 1. The molecule has 2 aliphatic heterocycles. The Morgan fingerprint density at radius 3 is 2.29 bits per heavy atom. The molecule has 2 amide bonds. The van der Waals surface area contributed by atoms with Gasteiger partial charge in [0.1, 0.15) is 6.54 Å². The zero-order chi connectivity index (χ0) is 29.5. The summed E-state index contributed by atoms with van der Waals surface area (Å²) in [7, 11) is -3.87. The van der Waals surface area contributed by atoms with Gasteiger partial charge in [-0.3, -0.25) is 14.1 Å². The van der Waals surface area contributed by atoms with E-state index in [-0.39, 0.29) is 25.0 Å². The number of carbonyl (C=O) groups excluding carboxylic acids is 3. The van der Waals surface area contributed by atoms with Gasteiger partial charge in [-0.15, -0.1) is 5.06 Å². The molecular formula is C30H38N3O7S+. The molecule has 1 saturated heterocycles. The van der Waals surface area contributed by atoms with Gasteiger partial charge in [-0.25, -0.2) is 9.36 Å². The second-order valence-corrected chi connectivity index (χ2v) is 11.4. The molecule has 41 heavy (non-hydrogen) atoms. The maximum absolute atomic E-state index is 11.8. The number of hydrogen-bond donors (Lipinski definition) is 1. The third-order valence-electron chi connectivity index (χ3n) is 6.45. The first-order valence-electron chi connectivity index (χ1n) is 13.9. The number of unbranched alkanes of at least 4 members (excludes halogenated alkanes) is 4. The van der Waals surface area contributed by atoms with Gasteiger partial charge >= 0.3 is 5.97 Å². The standard InChI is InChI=1S/C30H37N3O7S/c34-28-13-14-29(35)33(28)40-30(36)12-6-2-7-19-31-21-15-26(16-22-31)10-4-1-5-11-27-17-23-32(24-18-27)20-8-3-9-25-41(37,38)39/h1,4-5,10-11,15-18,21-24H,2-3,6-9,12-14,19-20,25H2/p+1. The quantitative estimate of drug-likeness (QED) is 0.102. The third-order valence-corrected chi connectivity index (χ3v) is 7.25. The number of hydroxylamine groups is 2. The van der Waals surface area contributed by atoms with Crippen molar-refractivity contribution in [1.82, 2.24) is 9.96 Å². The molecule has 0 bridgehead atoms. The summed E-state index contributed by atoms with van der Waals surface area (Å²) in [5, 5.41) is 0.591. The van der Waals surface area contributed by atoms with Crippen LogP contribution in [0.1, 0.15) is 63.4 Å². The highest BCUT2D eigenvalue weighted by Crippen LogP contribution is 2.14. The fraction of sp³-hybridized carbons (Fsp3) is 0.400. The molecule has 3 rings (SSSR count). The second-order valence-electron chi connectivity index (χ2n) is 9.85. The summed E-state index contributed by atoms with van der Waals surface area (Å²) in [6.45, 7) is 1.62.